The Balaban J connectivity index is 2.61. The van der Waals surface area contributed by atoms with E-state index in [1.807, 2.05) is 0 Å². The number of hydrogen-bond donors (Lipinski definition) is 2. The van der Waals surface area contributed by atoms with Crippen molar-refractivity contribution in [2.45, 2.75) is 12.5 Å². The van der Waals surface area contributed by atoms with Gasteiger partial charge in [0.25, 0.3) is 0 Å². The molecule has 0 spiro atoms. The Morgan fingerprint density at radius 2 is 2.70 bits per heavy atom. The number of terminal acetylenes is 1. The van der Waals surface area contributed by atoms with Gasteiger partial charge in [0.1, 0.15) is 5.82 Å². The molecule has 3 heteroatoms. The SMILES string of the molecule is C#CCC(N)c1ncc[nH]1. The first-order valence-electron chi connectivity index (χ1n) is 3.03. The third-order valence-electron chi connectivity index (χ3n) is 1.21. The van der Waals surface area contributed by atoms with Gasteiger partial charge in [-0.05, 0) is 0 Å². The van der Waals surface area contributed by atoms with Crippen LogP contribution in [-0.4, -0.2) is 9.97 Å². The zero-order valence-electron chi connectivity index (χ0n) is 5.54. The fourth-order valence-corrected chi connectivity index (χ4v) is 0.704. The molecule has 1 aromatic rings. The second-order valence-electron chi connectivity index (χ2n) is 1.99. The predicted octanol–water partition coefficient (Wildman–Crippen LogP) is 0.433. The lowest BCUT2D eigenvalue weighted by atomic mass is 10.2. The minimum Gasteiger partial charge on any atom is -0.347 e. The van der Waals surface area contributed by atoms with Gasteiger partial charge in [0.05, 0.1) is 6.04 Å². The van der Waals surface area contributed by atoms with E-state index in [1.165, 1.54) is 0 Å². The Labute approximate surface area is 59.7 Å². The van der Waals surface area contributed by atoms with Crippen molar-refractivity contribution in [2.75, 3.05) is 0 Å². The van der Waals surface area contributed by atoms with Crippen LogP contribution in [0.4, 0.5) is 0 Å². The number of aromatic nitrogens is 2. The number of rotatable bonds is 2. The number of nitrogens with one attached hydrogen (secondary N) is 1. The monoisotopic (exact) mass is 135 g/mol. The molecule has 0 aliphatic carbocycles. The van der Waals surface area contributed by atoms with Gasteiger partial charge in [-0.3, -0.25) is 0 Å². The van der Waals surface area contributed by atoms with Crippen molar-refractivity contribution >= 4 is 0 Å². The van der Waals surface area contributed by atoms with Crippen molar-refractivity contribution in [1.29, 1.82) is 0 Å². The molecular weight excluding hydrogens is 126 g/mol. The second-order valence-corrected chi connectivity index (χ2v) is 1.99. The minimum atomic E-state index is -0.153. The first kappa shape index (κ1) is 6.84. The number of nitrogens with zero attached hydrogens (tertiary/aromatic N) is 1. The Morgan fingerprint density at radius 1 is 1.90 bits per heavy atom. The van der Waals surface area contributed by atoms with E-state index in [2.05, 4.69) is 15.9 Å². The van der Waals surface area contributed by atoms with Gasteiger partial charge in [0, 0.05) is 18.8 Å². The molecule has 0 saturated heterocycles. The van der Waals surface area contributed by atoms with Crippen molar-refractivity contribution in [3.63, 3.8) is 0 Å². The maximum Gasteiger partial charge on any atom is 0.123 e. The first-order chi connectivity index (χ1) is 4.84. The first-order valence-corrected chi connectivity index (χ1v) is 3.03. The fourth-order valence-electron chi connectivity index (χ4n) is 0.704. The third kappa shape index (κ3) is 1.36. The van der Waals surface area contributed by atoms with Crippen LogP contribution in [0.25, 0.3) is 0 Å². The maximum absolute atomic E-state index is 5.61. The van der Waals surface area contributed by atoms with E-state index < -0.39 is 0 Å². The maximum atomic E-state index is 5.61. The van der Waals surface area contributed by atoms with Gasteiger partial charge >= 0.3 is 0 Å². The number of hydrogen-bond acceptors (Lipinski definition) is 2. The summed E-state index contributed by atoms with van der Waals surface area (Å²) < 4.78 is 0. The Morgan fingerprint density at radius 3 is 3.20 bits per heavy atom. The molecule has 10 heavy (non-hydrogen) atoms. The third-order valence-corrected chi connectivity index (χ3v) is 1.21. The average Bonchev–Trinajstić information content (AvgIpc) is 2.38. The summed E-state index contributed by atoms with van der Waals surface area (Å²) in [5.74, 6) is 3.22. The van der Waals surface area contributed by atoms with Crippen molar-refractivity contribution in [1.82, 2.24) is 9.97 Å². The van der Waals surface area contributed by atoms with Crippen molar-refractivity contribution < 1.29 is 0 Å². The van der Waals surface area contributed by atoms with E-state index in [9.17, 15) is 0 Å². The molecule has 1 heterocycles. The molecule has 0 aliphatic heterocycles. The number of nitrogens with two attached hydrogens (primary N) is 1. The lowest BCUT2D eigenvalue weighted by molar-refractivity contribution is 0.704. The van der Waals surface area contributed by atoms with Gasteiger partial charge in [-0.25, -0.2) is 4.98 Å². The average molecular weight is 135 g/mol. The molecule has 3 nitrogen and oxygen atoms in total. The number of H-pyrrole nitrogens is 1. The van der Waals surface area contributed by atoms with E-state index in [0.29, 0.717) is 6.42 Å². The molecule has 3 N–H and O–H groups in total. The Bertz CT molecular complexity index is 219. The Hall–Kier alpha value is -1.27. The molecule has 0 fully saturated rings. The number of imidazole rings is 1. The van der Waals surface area contributed by atoms with Crippen LogP contribution in [-0.2, 0) is 0 Å². The minimum absolute atomic E-state index is 0.153. The van der Waals surface area contributed by atoms with Crippen molar-refractivity contribution in [3.8, 4) is 12.3 Å². The summed E-state index contributed by atoms with van der Waals surface area (Å²) in [5, 5.41) is 0. The topological polar surface area (TPSA) is 54.7 Å². The Kier molecular flexibility index (Phi) is 2.08. The summed E-state index contributed by atoms with van der Waals surface area (Å²) in [6, 6.07) is -0.153. The van der Waals surface area contributed by atoms with Gasteiger partial charge in [0.15, 0.2) is 0 Å². The summed E-state index contributed by atoms with van der Waals surface area (Å²) >= 11 is 0. The van der Waals surface area contributed by atoms with Gasteiger partial charge in [-0.1, -0.05) is 0 Å². The van der Waals surface area contributed by atoms with Crippen LogP contribution in [0.3, 0.4) is 0 Å². The molecule has 52 valence electrons. The highest BCUT2D eigenvalue weighted by Crippen LogP contribution is 2.05. The lowest BCUT2D eigenvalue weighted by Crippen LogP contribution is -2.10. The normalized spacial score (nSPS) is 12.4. The van der Waals surface area contributed by atoms with Gasteiger partial charge in [0.2, 0.25) is 0 Å². The molecular formula is C7H9N3. The van der Waals surface area contributed by atoms with Gasteiger partial charge in [-0.15, -0.1) is 12.3 Å². The van der Waals surface area contributed by atoms with E-state index in [-0.39, 0.29) is 6.04 Å². The smallest absolute Gasteiger partial charge is 0.123 e. The molecule has 1 aromatic heterocycles. The van der Waals surface area contributed by atoms with E-state index in [1.54, 1.807) is 12.4 Å². The van der Waals surface area contributed by atoms with Gasteiger partial charge < -0.3 is 10.7 Å². The molecule has 0 aromatic carbocycles. The highest BCUT2D eigenvalue weighted by molar-refractivity contribution is 5.00. The van der Waals surface area contributed by atoms with Crippen LogP contribution >= 0.6 is 0 Å². The van der Waals surface area contributed by atoms with Crippen molar-refractivity contribution in [2.24, 2.45) is 5.73 Å². The highest BCUT2D eigenvalue weighted by Gasteiger charge is 2.04. The second kappa shape index (κ2) is 3.04. The summed E-state index contributed by atoms with van der Waals surface area (Å²) in [6.45, 7) is 0. The summed E-state index contributed by atoms with van der Waals surface area (Å²) in [4.78, 5) is 6.85. The zero-order chi connectivity index (χ0) is 7.40. The summed E-state index contributed by atoms with van der Waals surface area (Å²) in [7, 11) is 0. The van der Waals surface area contributed by atoms with Crippen molar-refractivity contribution in [3.05, 3.63) is 18.2 Å². The molecule has 1 unspecified atom stereocenters. The van der Waals surface area contributed by atoms with Gasteiger partial charge in [-0.2, -0.15) is 0 Å². The molecule has 1 atom stereocenters. The largest absolute Gasteiger partial charge is 0.347 e. The van der Waals surface area contributed by atoms with E-state index in [0.717, 1.165) is 5.82 Å². The molecule has 0 saturated carbocycles. The number of aromatic amines is 1. The highest BCUT2D eigenvalue weighted by atomic mass is 14.9. The predicted molar refractivity (Wildman–Crippen MR) is 39.0 cm³/mol. The van der Waals surface area contributed by atoms with Crippen LogP contribution in [0.15, 0.2) is 12.4 Å². The lowest BCUT2D eigenvalue weighted by Gasteiger charge is -2.01. The van der Waals surface area contributed by atoms with E-state index in [4.69, 9.17) is 12.2 Å². The molecule has 1 rings (SSSR count). The van der Waals surface area contributed by atoms with E-state index >= 15 is 0 Å². The zero-order valence-corrected chi connectivity index (χ0v) is 5.54. The van der Waals surface area contributed by atoms with Crippen LogP contribution in [0, 0.1) is 12.3 Å². The summed E-state index contributed by atoms with van der Waals surface area (Å²) in [6.07, 6.45) is 8.97. The summed E-state index contributed by atoms with van der Waals surface area (Å²) in [5.41, 5.74) is 5.61. The molecule has 0 amide bonds. The standard InChI is InChI=1S/C7H9N3/c1-2-3-6(8)7-9-4-5-10-7/h1,4-6H,3,8H2,(H,9,10). The molecule has 0 bridgehead atoms. The quantitative estimate of drug-likeness (QED) is 0.578. The molecule has 0 aliphatic rings. The fraction of sp³-hybridized carbons (Fsp3) is 0.286. The molecule has 0 radical (unpaired) electrons. The van der Waals surface area contributed by atoms with Crippen LogP contribution in [0.2, 0.25) is 0 Å². The van der Waals surface area contributed by atoms with Crippen LogP contribution < -0.4 is 5.73 Å². The van der Waals surface area contributed by atoms with Crippen LogP contribution in [0.1, 0.15) is 18.3 Å². The van der Waals surface area contributed by atoms with Crippen LogP contribution in [0.5, 0.6) is 0 Å².